The summed E-state index contributed by atoms with van der Waals surface area (Å²) in [6, 6.07) is -0.443. The van der Waals surface area contributed by atoms with Crippen molar-refractivity contribution in [2.75, 3.05) is 13.1 Å². The standard InChI is InChI=1S/C12H21NO5/c1-2-3-9(15)18-8-6-13-5-4-7(14)10(13)12(17)11(8)16/h7-8,10-12,14,16-17H,2-6H2,1H3/t7-,8?,10?,11?,12?/m0/s1. The number of carbonyl (C=O) groups is 1. The van der Waals surface area contributed by atoms with E-state index in [4.69, 9.17) is 4.74 Å². The fraction of sp³-hybridized carbons (Fsp3) is 0.917. The smallest absolute Gasteiger partial charge is 0.306 e. The second kappa shape index (κ2) is 5.52. The van der Waals surface area contributed by atoms with Gasteiger partial charge in [0.1, 0.15) is 18.3 Å². The molecule has 0 amide bonds. The molecule has 0 aromatic heterocycles. The Bertz CT molecular complexity index is 311. The van der Waals surface area contributed by atoms with Crippen molar-refractivity contribution in [2.24, 2.45) is 0 Å². The molecule has 6 heteroatoms. The average molecular weight is 259 g/mol. The zero-order valence-corrected chi connectivity index (χ0v) is 10.5. The first kappa shape index (κ1) is 13.7. The lowest BCUT2D eigenvalue weighted by Gasteiger charge is -2.42. The van der Waals surface area contributed by atoms with Crippen LogP contribution in [-0.2, 0) is 9.53 Å². The maximum atomic E-state index is 11.4. The lowest BCUT2D eigenvalue weighted by molar-refractivity contribution is -0.178. The highest BCUT2D eigenvalue weighted by molar-refractivity contribution is 5.69. The van der Waals surface area contributed by atoms with Crippen LogP contribution in [0.25, 0.3) is 0 Å². The Morgan fingerprint density at radius 3 is 2.72 bits per heavy atom. The molecule has 2 rings (SSSR count). The van der Waals surface area contributed by atoms with Gasteiger partial charge in [-0.2, -0.15) is 0 Å². The number of aliphatic hydroxyl groups is 3. The maximum Gasteiger partial charge on any atom is 0.306 e. The molecule has 2 saturated heterocycles. The topological polar surface area (TPSA) is 90.2 Å². The summed E-state index contributed by atoms with van der Waals surface area (Å²) in [7, 11) is 0. The van der Waals surface area contributed by atoms with Crippen molar-refractivity contribution in [2.45, 2.75) is 56.6 Å². The molecule has 4 unspecified atom stereocenters. The van der Waals surface area contributed by atoms with E-state index < -0.39 is 30.5 Å². The summed E-state index contributed by atoms with van der Waals surface area (Å²) in [6.07, 6.45) is -1.96. The quantitative estimate of drug-likeness (QED) is 0.556. The highest BCUT2D eigenvalue weighted by Gasteiger charge is 2.49. The molecule has 18 heavy (non-hydrogen) atoms. The number of esters is 1. The highest BCUT2D eigenvalue weighted by atomic mass is 16.6. The van der Waals surface area contributed by atoms with Gasteiger partial charge in [0.2, 0.25) is 0 Å². The number of hydrogen-bond acceptors (Lipinski definition) is 6. The van der Waals surface area contributed by atoms with E-state index in [1.165, 1.54) is 0 Å². The summed E-state index contributed by atoms with van der Waals surface area (Å²) in [5.41, 5.74) is 0. The molecule has 0 aliphatic carbocycles. The minimum atomic E-state index is -1.13. The average Bonchev–Trinajstić information content (AvgIpc) is 2.67. The van der Waals surface area contributed by atoms with Crippen LogP contribution in [0, 0.1) is 0 Å². The molecule has 104 valence electrons. The second-order valence-corrected chi connectivity index (χ2v) is 5.10. The number of nitrogens with zero attached hydrogens (tertiary/aromatic N) is 1. The minimum Gasteiger partial charge on any atom is -0.458 e. The summed E-state index contributed by atoms with van der Waals surface area (Å²) < 4.78 is 5.19. The van der Waals surface area contributed by atoms with Gasteiger partial charge in [0.25, 0.3) is 0 Å². The predicted octanol–water partition coefficient (Wildman–Crippen LogP) is -1.13. The molecule has 3 N–H and O–H groups in total. The van der Waals surface area contributed by atoms with Crippen molar-refractivity contribution in [1.82, 2.24) is 4.90 Å². The van der Waals surface area contributed by atoms with Gasteiger partial charge in [-0.25, -0.2) is 0 Å². The Hall–Kier alpha value is -0.690. The molecule has 2 aliphatic rings. The van der Waals surface area contributed by atoms with E-state index in [-0.39, 0.29) is 5.97 Å². The van der Waals surface area contributed by atoms with Crippen LogP contribution in [0.2, 0.25) is 0 Å². The van der Waals surface area contributed by atoms with Gasteiger partial charge in [0.05, 0.1) is 12.1 Å². The van der Waals surface area contributed by atoms with Crippen molar-refractivity contribution in [1.29, 1.82) is 0 Å². The van der Waals surface area contributed by atoms with Crippen LogP contribution in [-0.4, -0.2) is 69.7 Å². The van der Waals surface area contributed by atoms with Crippen LogP contribution < -0.4 is 0 Å². The van der Waals surface area contributed by atoms with Crippen molar-refractivity contribution in [3.05, 3.63) is 0 Å². The minimum absolute atomic E-state index is 0.311. The second-order valence-electron chi connectivity index (χ2n) is 5.10. The van der Waals surface area contributed by atoms with Gasteiger partial charge in [-0.05, 0) is 12.8 Å². The first-order valence-corrected chi connectivity index (χ1v) is 6.52. The van der Waals surface area contributed by atoms with E-state index in [1.807, 2.05) is 11.8 Å². The first-order chi connectivity index (χ1) is 8.54. The zero-order chi connectivity index (χ0) is 13.3. The van der Waals surface area contributed by atoms with Gasteiger partial charge in [-0.3, -0.25) is 9.69 Å². The fourth-order valence-corrected chi connectivity index (χ4v) is 2.82. The zero-order valence-electron chi connectivity index (χ0n) is 10.5. The number of rotatable bonds is 3. The molecule has 6 nitrogen and oxygen atoms in total. The number of carbonyl (C=O) groups excluding carboxylic acids is 1. The Kier molecular flexibility index (Phi) is 4.21. The molecule has 2 fully saturated rings. The first-order valence-electron chi connectivity index (χ1n) is 6.52. The highest BCUT2D eigenvalue weighted by Crippen LogP contribution is 2.29. The van der Waals surface area contributed by atoms with E-state index >= 15 is 0 Å². The molecule has 0 spiro atoms. The molecular formula is C12H21NO5. The molecule has 0 aromatic rings. The van der Waals surface area contributed by atoms with E-state index in [0.717, 1.165) is 0 Å². The normalized spacial score (nSPS) is 40.6. The summed E-state index contributed by atoms with van der Waals surface area (Å²) in [4.78, 5) is 13.3. The molecule has 2 heterocycles. The fourth-order valence-electron chi connectivity index (χ4n) is 2.82. The number of fused-ring (bicyclic) bond motifs is 1. The van der Waals surface area contributed by atoms with Crippen molar-refractivity contribution < 1.29 is 24.9 Å². The summed E-state index contributed by atoms with van der Waals surface area (Å²) >= 11 is 0. The third-order valence-corrected chi connectivity index (χ3v) is 3.76. The largest absolute Gasteiger partial charge is 0.458 e. The van der Waals surface area contributed by atoms with Crippen molar-refractivity contribution >= 4 is 5.97 Å². The lowest BCUT2D eigenvalue weighted by Crippen LogP contribution is -2.62. The van der Waals surface area contributed by atoms with E-state index in [9.17, 15) is 20.1 Å². The maximum absolute atomic E-state index is 11.4. The summed E-state index contributed by atoms with van der Waals surface area (Å²) in [6.45, 7) is 2.90. The summed E-state index contributed by atoms with van der Waals surface area (Å²) in [5.74, 6) is -0.355. The molecule has 0 aromatic carbocycles. The predicted molar refractivity (Wildman–Crippen MR) is 62.8 cm³/mol. The van der Waals surface area contributed by atoms with Crippen molar-refractivity contribution in [3.8, 4) is 0 Å². The number of hydrogen-bond donors (Lipinski definition) is 3. The summed E-state index contributed by atoms with van der Waals surface area (Å²) in [5, 5.41) is 29.7. The Balaban J connectivity index is 2.00. The van der Waals surface area contributed by atoms with Gasteiger partial charge >= 0.3 is 5.97 Å². The van der Waals surface area contributed by atoms with Crippen LogP contribution in [0.4, 0.5) is 0 Å². The van der Waals surface area contributed by atoms with Gasteiger partial charge in [0, 0.05) is 19.5 Å². The Morgan fingerprint density at radius 2 is 2.06 bits per heavy atom. The molecule has 2 aliphatic heterocycles. The van der Waals surface area contributed by atoms with Crippen LogP contribution in [0.1, 0.15) is 26.2 Å². The SMILES string of the molecule is CCCC(=O)OC1CN2CC[C@H](O)C2C(O)C1O. The van der Waals surface area contributed by atoms with Gasteiger partial charge in [-0.15, -0.1) is 0 Å². The van der Waals surface area contributed by atoms with Crippen LogP contribution >= 0.6 is 0 Å². The Morgan fingerprint density at radius 1 is 1.33 bits per heavy atom. The molecular weight excluding hydrogens is 238 g/mol. The number of ether oxygens (including phenoxy) is 1. The number of piperidine rings is 1. The monoisotopic (exact) mass is 259 g/mol. The molecule has 0 saturated carbocycles. The van der Waals surface area contributed by atoms with Crippen LogP contribution in [0.15, 0.2) is 0 Å². The third kappa shape index (κ3) is 2.51. The Labute approximate surface area is 106 Å². The van der Waals surface area contributed by atoms with Crippen LogP contribution in [0.3, 0.4) is 0 Å². The van der Waals surface area contributed by atoms with Gasteiger partial charge < -0.3 is 20.1 Å². The number of aliphatic hydroxyl groups excluding tert-OH is 3. The van der Waals surface area contributed by atoms with E-state index in [0.29, 0.717) is 32.4 Å². The molecule has 0 radical (unpaired) electrons. The van der Waals surface area contributed by atoms with Gasteiger partial charge in [-0.1, -0.05) is 6.92 Å². The van der Waals surface area contributed by atoms with Crippen molar-refractivity contribution in [3.63, 3.8) is 0 Å². The third-order valence-electron chi connectivity index (χ3n) is 3.76. The van der Waals surface area contributed by atoms with E-state index in [2.05, 4.69) is 0 Å². The molecule has 0 bridgehead atoms. The molecule has 5 atom stereocenters. The lowest BCUT2D eigenvalue weighted by atomic mass is 9.93. The van der Waals surface area contributed by atoms with Gasteiger partial charge in [0.15, 0.2) is 0 Å². The van der Waals surface area contributed by atoms with E-state index in [1.54, 1.807) is 0 Å². The van der Waals surface area contributed by atoms with Crippen LogP contribution in [0.5, 0.6) is 0 Å².